The van der Waals surface area contributed by atoms with Gasteiger partial charge < -0.3 is 4.74 Å². The second kappa shape index (κ2) is 10.2. The predicted octanol–water partition coefficient (Wildman–Crippen LogP) is 3.60. The number of rotatable bonds is 10. The van der Waals surface area contributed by atoms with Crippen LogP contribution in [0.5, 0.6) is 0 Å². The molecule has 3 aromatic rings. The molecular formula is C21H22N4O3. The number of pyridine rings is 2. The maximum absolute atomic E-state index is 11.1. The summed E-state index contributed by atoms with van der Waals surface area (Å²) in [7, 11) is 0. The topological polar surface area (TPSA) is 81.4 Å². The molecule has 0 unspecified atom stereocenters. The number of nitro groups is 1. The molecule has 0 spiro atoms. The van der Waals surface area contributed by atoms with Crippen molar-refractivity contribution >= 4 is 5.69 Å². The zero-order valence-electron chi connectivity index (χ0n) is 15.5. The van der Waals surface area contributed by atoms with E-state index >= 15 is 0 Å². The van der Waals surface area contributed by atoms with E-state index in [2.05, 4.69) is 14.9 Å². The lowest BCUT2D eigenvalue weighted by Gasteiger charge is -2.21. The summed E-state index contributed by atoms with van der Waals surface area (Å²) < 4.78 is 5.73. The molecule has 7 heteroatoms. The van der Waals surface area contributed by atoms with E-state index in [1.807, 2.05) is 36.4 Å². The molecule has 0 aliphatic rings. The molecule has 0 aliphatic heterocycles. The van der Waals surface area contributed by atoms with E-state index in [-0.39, 0.29) is 17.2 Å². The molecule has 2 aromatic heterocycles. The number of benzene rings is 1. The van der Waals surface area contributed by atoms with Crippen molar-refractivity contribution < 1.29 is 9.66 Å². The van der Waals surface area contributed by atoms with E-state index in [1.54, 1.807) is 30.6 Å². The Morgan fingerprint density at radius 1 is 0.893 bits per heavy atom. The number of aromatic nitrogens is 2. The van der Waals surface area contributed by atoms with Gasteiger partial charge in [0.1, 0.15) is 0 Å². The maximum Gasteiger partial charge on any atom is 0.274 e. The van der Waals surface area contributed by atoms with E-state index in [0.717, 1.165) is 11.4 Å². The zero-order chi connectivity index (χ0) is 19.6. The number of hydrogen-bond acceptors (Lipinski definition) is 6. The summed E-state index contributed by atoms with van der Waals surface area (Å²) in [6.07, 6.45) is 3.55. The lowest BCUT2D eigenvalue weighted by molar-refractivity contribution is -0.385. The first-order valence-electron chi connectivity index (χ1n) is 9.04. The van der Waals surface area contributed by atoms with Crippen LogP contribution in [0.4, 0.5) is 5.69 Å². The first-order valence-corrected chi connectivity index (χ1v) is 9.04. The SMILES string of the molecule is O=[N+]([O-])c1ccccc1COCCN(Cc1ccccn1)Cc1ccccn1. The minimum absolute atomic E-state index is 0.0846. The van der Waals surface area contributed by atoms with Crippen LogP contribution in [-0.4, -0.2) is 32.9 Å². The van der Waals surface area contributed by atoms with Gasteiger partial charge in [-0.1, -0.05) is 24.3 Å². The first-order chi connectivity index (χ1) is 13.7. The Kier molecular flexibility index (Phi) is 7.17. The summed E-state index contributed by atoms with van der Waals surface area (Å²) in [6, 6.07) is 18.3. The Morgan fingerprint density at radius 3 is 2.07 bits per heavy atom. The van der Waals surface area contributed by atoms with Gasteiger partial charge in [-0.05, 0) is 30.3 Å². The van der Waals surface area contributed by atoms with Gasteiger partial charge in [0, 0.05) is 38.1 Å². The minimum Gasteiger partial charge on any atom is -0.375 e. The zero-order valence-corrected chi connectivity index (χ0v) is 15.5. The summed E-state index contributed by atoms with van der Waals surface area (Å²) in [6.45, 7) is 2.66. The van der Waals surface area contributed by atoms with Crippen molar-refractivity contribution in [1.82, 2.24) is 14.9 Å². The molecule has 0 radical (unpaired) electrons. The van der Waals surface area contributed by atoms with Gasteiger partial charge in [0.05, 0.1) is 35.1 Å². The van der Waals surface area contributed by atoms with Crippen LogP contribution in [0.2, 0.25) is 0 Å². The Labute approximate surface area is 163 Å². The van der Waals surface area contributed by atoms with E-state index in [4.69, 9.17) is 4.74 Å². The Hall–Kier alpha value is -3.16. The Bertz CT molecular complexity index is 834. The average Bonchev–Trinajstić information content (AvgIpc) is 2.73. The minimum atomic E-state index is -0.382. The number of para-hydroxylation sites is 1. The van der Waals surface area contributed by atoms with Crippen molar-refractivity contribution in [3.8, 4) is 0 Å². The average molecular weight is 378 g/mol. The van der Waals surface area contributed by atoms with Crippen LogP contribution >= 0.6 is 0 Å². The highest BCUT2D eigenvalue weighted by Crippen LogP contribution is 2.18. The number of nitro benzene ring substituents is 1. The smallest absolute Gasteiger partial charge is 0.274 e. The van der Waals surface area contributed by atoms with E-state index in [1.165, 1.54) is 6.07 Å². The molecule has 0 saturated heterocycles. The lowest BCUT2D eigenvalue weighted by Crippen LogP contribution is -2.27. The summed E-state index contributed by atoms with van der Waals surface area (Å²) in [5.41, 5.74) is 2.60. The van der Waals surface area contributed by atoms with Crippen molar-refractivity contribution in [2.45, 2.75) is 19.7 Å². The summed E-state index contributed by atoms with van der Waals surface area (Å²) in [5.74, 6) is 0. The van der Waals surface area contributed by atoms with Crippen molar-refractivity contribution in [2.75, 3.05) is 13.2 Å². The fraction of sp³-hybridized carbons (Fsp3) is 0.238. The fourth-order valence-corrected chi connectivity index (χ4v) is 2.84. The van der Waals surface area contributed by atoms with Gasteiger partial charge in [0.2, 0.25) is 0 Å². The molecule has 3 rings (SSSR count). The van der Waals surface area contributed by atoms with Crippen molar-refractivity contribution in [2.24, 2.45) is 0 Å². The Balaban J connectivity index is 1.57. The van der Waals surface area contributed by atoms with Crippen LogP contribution < -0.4 is 0 Å². The van der Waals surface area contributed by atoms with Crippen LogP contribution in [0.1, 0.15) is 17.0 Å². The molecule has 0 fully saturated rings. The molecule has 144 valence electrons. The fourth-order valence-electron chi connectivity index (χ4n) is 2.84. The molecule has 28 heavy (non-hydrogen) atoms. The summed E-state index contributed by atoms with van der Waals surface area (Å²) >= 11 is 0. The molecule has 0 atom stereocenters. The normalized spacial score (nSPS) is 10.9. The summed E-state index contributed by atoms with van der Waals surface area (Å²) in [5, 5.41) is 11.1. The van der Waals surface area contributed by atoms with E-state index in [0.29, 0.717) is 31.8 Å². The van der Waals surface area contributed by atoms with Gasteiger partial charge in [-0.25, -0.2) is 0 Å². The van der Waals surface area contributed by atoms with Crippen molar-refractivity contribution in [3.63, 3.8) is 0 Å². The van der Waals surface area contributed by atoms with E-state index in [9.17, 15) is 10.1 Å². The number of nitrogens with zero attached hydrogens (tertiary/aromatic N) is 4. The molecule has 0 N–H and O–H groups in total. The highest BCUT2D eigenvalue weighted by Gasteiger charge is 2.13. The highest BCUT2D eigenvalue weighted by atomic mass is 16.6. The molecule has 2 heterocycles. The third kappa shape index (κ3) is 5.94. The van der Waals surface area contributed by atoms with Crippen LogP contribution in [0.3, 0.4) is 0 Å². The largest absolute Gasteiger partial charge is 0.375 e. The van der Waals surface area contributed by atoms with Gasteiger partial charge in [-0.15, -0.1) is 0 Å². The number of ether oxygens (including phenoxy) is 1. The standard InChI is InChI=1S/C21H22N4O3/c26-25(27)21-10-2-1-7-18(21)17-28-14-13-24(15-19-8-3-5-11-22-19)16-20-9-4-6-12-23-20/h1-12H,13-17H2. The molecular weight excluding hydrogens is 356 g/mol. The predicted molar refractivity (Wildman–Crippen MR) is 105 cm³/mol. The van der Waals surface area contributed by atoms with Crippen molar-refractivity contribution in [1.29, 1.82) is 0 Å². The molecule has 7 nitrogen and oxygen atoms in total. The van der Waals surface area contributed by atoms with Crippen LogP contribution in [0.15, 0.2) is 73.1 Å². The van der Waals surface area contributed by atoms with Gasteiger partial charge in [-0.2, -0.15) is 0 Å². The third-order valence-electron chi connectivity index (χ3n) is 4.22. The van der Waals surface area contributed by atoms with Gasteiger partial charge in [0.15, 0.2) is 0 Å². The Morgan fingerprint density at radius 2 is 1.50 bits per heavy atom. The van der Waals surface area contributed by atoms with Crippen LogP contribution in [-0.2, 0) is 24.4 Å². The second-order valence-electron chi connectivity index (χ2n) is 6.29. The molecule has 0 amide bonds. The maximum atomic E-state index is 11.1. The lowest BCUT2D eigenvalue weighted by atomic mass is 10.2. The monoisotopic (exact) mass is 378 g/mol. The molecule has 0 bridgehead atoms. The van der Waals surface area contributed by atoms with Gasteiger partial charge in [0.25, 0.3) is 5.69 Å². The number of hydrogen-bond donors (Lipinski definition) is 0. The molecule has 0 saturated carbocycles. The highest BCUT2D eigenvalue weighted by molar-refractivity contribution is 5.39. The summed E-state index contributed by atoms with van der Waals surface area (Å²) in [4.78, 5) is 21.7. The van der Waals surface area contributed by atoms with Crippen molar-refractivity contribution in [3.05, 3.63) is 100 Å². The van der Waals surface area contributed by atoms with Crippen LogP contribution in [0.25, 0.3) is 0 Å². The van der Waals surface area contributed by atoms with Crippen LogP contribution in [0, 0.1) is 10.1 Å². The van der Waals surface area contributed by atoms with Gasteiger partial charge in [-0.3, -0.25) is 25.0 Å². The quantitative estimate of drug-likeness (QED) is 0.305. The van der Waals surface area contributed by atoms with E-state index < -0.39 is 0 Å². The van der Waals surface area contributed by atoms with Gasteiger partial charge >= 0.3 is 0 Å². The third-order valence-corrected chi connectivity index (χ3v) is 4.22. The molecule has 0 aliphatic carbocycles. The second-order valence-corrected chi connectivity index (χ2v) is 6.29. The molecule has 1 aromatic carbocycles. The first kappa shape index (κ1) is 19.6.